The van der Waals surface area contributed by atoms with Gasteiger partial charge in [-0.2, -0.15) is 0 Å². The molecule has 0 bridgehead atoms. The molecule has 0 N–H and O–H groups in total. The summed E-state index contributed by atoms with van der Waals surface area (Å²) < 4.78 is 23.4. The van der Waals surface area contributed by atoms with Crippen LogP contribution in [0, 0.1) is 17.7 Å². The van der Waals surface area contributed by atoms with Crippen LogP contribution in [0.3, 0.4) is 0 Å². The summed E-state index contributed by atoms with van der Waals surface area (Å²) in [5.74, 6) is 6.12. The van der Waals surface area contributed by atoms with Crippen LogP contribution in [0.4, 0.5) is 4.39 Å². The summed E-state index contributed by atoms with van der Waals surface area (Å²) in [5, 5.41) is 7.80. The minimum atomic E-state index is -0.626. The second-order valence-electron chi connectivity index (χ2n) is 7.05. The van der Waals surface area contributed by atoms with Gasteiger partial charge >= 0.3 is 5.97 Å². The molecule has 0 spiro atoms. The topological polar surface area (TPSA) is 78.7 Å². The quantitative estimate of drug-likeness (QED) is 0.197. The van der Waals surface area contributed by atoms with Gasteiger partial charge in [-0.25, -0.2) is 9.18 Å². The third-order valence-corrected chi connectivity index (χ3v) is 4.55. The number of oxime groups is 2. The van der Waals surface area contributed by atoms with Gasteiger partial charge in [-0.15, -0.1) is 0 Å². The van der Waals surface area contributed by atoms with E-state index in [2.05, 4.69) is 22.2 Å². The van der Waals surface area contributed by atoms with E-state index in [-0.39, 0.29) is 18.1 Å². The molecule has 0 amide bonds. The Labute approximate surface area is 202 Å². The highest BCUT2D eigenvalue weighted by molar-refractivity contribution is 6.43. The van der Waals surface area contributed by atoms with Crippen molar-refractivity contribution < 1.29 is 28.3 Å². The summed E-state index contributed by atoms with van der Waals surface area (Å²) in [6.45, 7) is 1.81. The Morgan fingerprint density at radius 3 is 2.23 bits per heavy atom. The van der Waals surface area contributed by atoms with E-state index in [1.165, 1.54) is 26.4 Å². The van der Waals surface area contributed by atoms with E-state index >= 15 is 0 Å². The lowest BCUT2D eigenvalue weighted by atomic mass is 10.0. The Balaban J connectivity index is 1.62. The Kier molecular flexibility index (Phi) is 8.97. The van der Waals surface area contributed by atoms with Crippen LogP contribution in [-0.4, -0.2) is 31.6 Å². The lowest BCUT2D eigenvalue weighted by molar-refractivity contribution is -0.132. The Morgan fingerprint density at radius 1 is 0.914 bits per heavy atom. The van der Waals surface area contributed by atoms with Crippen molar-refractivity contribution in [2.45, 2.75) is 13.5 Å². The minimum Gasteiger partial charge on any atom is -0.464 e. The lowest BCUT2D eigenvalue weighted by Gasteiger charge is -2.09. The van der Waals surface area contributed by atoms with Gasteiger partial charge in [0.05, 0.1) is 7.11 Å². The second-order valence-corrected chi connectivity index (χ2v) is 7.05. The van der Waals surface area contributed by atoms with Crippen LogP contribution in [0.2, 0.25) is 0 Å². The van der Waals surface area contributed by atoms with Crippen LogP contribution in [-0.2, 0) is 25.8 Å². The zero-order chi connectivity index (χ0) is 25.0. The molecule has 0 heterocycles. The van der Waals surface area contributed by atoms with Gasteiger partial charge in [0.1, 0.15) is 36.7 Å². The van der Waals surface area contributed by atoms with E-state index in [9.17, 15) is 9.18 Å². The van der Waals surface area contributed by atoms with Crippen molar-refractivity contribution >= 4 is 17.4 Å². The summed E-state index contributed by atoms with van der Waals surface area (Å²) in [4.78, 5) is 22.3. The molecule has 3 rings (SSSR count). The highest BCUT2D eigenvalue weighted by Gasteiger charge is 2.19. The molecule has 178 valence electrons. The van der Waals surface area contributed by atoms with Crippen LogP contribution >= 0.6 is 0 Å². The van der Waals surface area contributed by atoms with E-state index in [1.54, 1.807) is 61.5 Å². The lowest BCUT2D eigenvalue weighted by Crippen LogP contribution is -2.19. The maximum Gasteiger partial charge on any atom is 0.360 e. The minimum absolute atomic E-state index is 0.0292. The second kappa shape index (κ2) is 12.6. The van der Waals surface area contributed by atoms with Gasteiger partial charge in [-0.3, -0.25) is 0 Å². The van der Waals surface area contributed by atoms with Gasteiger partial charge in [-0.1, -0.05) is 40.5 Å². The van der Waals surface area contributed by atoms with Crippen LogP contribution in [0.5, 0.6) is 11.5 Å². The molecule has 3 aromatic rings. The highest BCUT2D eigenvalue weighted by atomic mass is 19.1. The van der Waals surface area contributed by atoms with Crippen molar-refractivity contribution in [3.8, 4) is 23.3 Å². The van der Waals surface area contributed by atoms with Gasteiger partial charge in [0.25, 0.3) is 0 Å². The fourth-order valence-electron chi connectivity index (χ4n) is 2.89. The Bertz CT molecular complexity index is 1270. The van der Waals surface area contributed by atoms with E-state index in [0.717, 1.165) is 5.56 Å². The standard InChI is InChI=1S/C27H23FN2O5/c1-19(8-9-20-10-14-23(15-11-20)35-24-16-12-22(28)13-17-24)29-34-18-21-6-4-5-7-25(21)26(30-33-3)27(31)32-2/h4-7,10-17H,18H2,1-3H3/b29-19+,30-26+. The van der Waals surface area contributed by atoms with E-state index in [0.29, 0.717) is 28.3 Å². The third-order valence-electron chi connectivity index (χ3n) is 4.55. The van der Waals surface area contributed by atoms with Gasteiger partial charge in [0.15, 0.2) is 5.71 Å². The number of carbonyl (C=O) groups excluding carboxylic acids is 1. The average molecular weight is 474 g/mol. The third kappa shape index (κ3) is 7.44. The van der Waals surface area contributed by atoms with Crippen molar-refractivity contribution in [3.63, 3.8) is 0 Å². The fraction of sp³-hybridized carbons (Fsp3) is 0.148. The number of carbonyl (C=O) groups is 1. The number of nitrogens with zero attached hydrogens (tertiary/aromatic N) is 2. The molecule has 0 saturated carbocycles. The first kappa shape index (κ1) is 25.0. The van der Waals surface area contributed by atoms with E-state index in [1.807, 2.05) is 6.07 Å². The van der Waals surface area contributed by atoms with E-state index < -0.39 is 5.97 Å². The van der Waals surface area contributed by atoms with Crippen molar-refractivity contribution in [1.29, 1.82) is 0 Å². The summed E-state index contributed by atoms with van der Waals surface area (Å²) in [5.41, 5.74) is 2.45. The van der Waals surface area contributed by atoms with Gasteiger partial charge < -0.3 is 19.1 Å². The van der Waals surface area contributed by atoms with Crippen molar-refractivity contribution in [2.75, 3.05) is 14.2 Å². The number of hydrogen-bond donors (Lipinski definition) is 0. The molecule has 0 fully saturated rings. The molecule has 3 aromatic carbocycles. The molecule has 7 nitrogen and oxygen atoms in total. The SMILES string of the molecule is CO/N=C(/C(=O)OC)c1ccccc1CO/N=C(\C)C#Cc1ccc(Oc2ccc(F)cc2)cc1. The molecule has 0 atom stereocenters. The number of rotatable bonds is 8. The molecule has 0 aliphatic rings. The van der Waals surface area contributed by atoms with Gasteiger partial charge in [0, 0.05) is 16.7 Å². The van der Waals surface area contributed by atoms with Crippen LogP contribution < -0.4 is 4.74 Å². The van der Waals surface area contributed by atoms with Gasteiger partial charge in [-0.05, 0) is 61.4 Å². The molecule has 35 heavy (non-hydrogen) atoms. The predicted octanol–water partition coefficient (Wildman–Crippen LogP) is 5.09. The molecule has 0 radical (unpaired) electrons. The normalized spacial score (nSPS) is 11.2. The smallest absolute Gasteiger partial charge is 0.360 e. The first-order valence-electron chi connectivity index (χ1n) is 10.5. The predicted molar refractivity (Wildman–Crippen MR) is 130 cm³/mol. The summed E-state index contributed by atoms with van der Waals surface area (Å²) in [7, 11) is 2.62. The number of methoxy groups -OCH3 is 1. The number of esters is 1. The van der Waals surface area contributed by atoms with Crippen LogP contribution in [0.25, 0.3) is 0 Å². The molecule has 8 heteroatoms. The number of hydrogen-bond acceptors (Lipinski definition) is 7. The largest absolute Gasteiger partial charge is 0.464 e. The summed E-state index contributed by atoms with van der Waals surface area (Å²) in [6, 6.07) is 20.0. The highest BCUT2D eigenvalue weighted by Crippen LogP contribution is 2.21. The molecule has 0 saturated heterocycles. The molecular formula is C27H23FN2O5. The monoisotopic (exact) mass is 474 g/mol. The number of benzene rings is 3. The fourth-order valence-corrected chi connectivity index (χ4v) is 2.89. The molecule has 0 aliphatic heterocycles. The maximum atomic E-state index is 13.0. The first-order chi connectivity index (χ1) is 17.0. The van der Waals surface area contributed by atoms with E-state index in [4.69, 9.17) is 19.1 Å². The zero-order valence-corrected chi connectivity index (χ0v) is 19.4. The molecule has 0 aliphatic carbocycles. The number of ether oxygens (including phenoxy) is 2. The average Bonchev–Trinajstić information content (AvgIpc) is 2.88. The van der Waals surface area contributed by atoms with Crippen molar-refractivity contribution in [1.82, 2.24) is 0 Å². The van der Waals surface area contributed by atoms with Crippen LogP contribution in [0.1, 0.15) is 23.6 Å². The van der Waals surface area contributed by atoms with Crippen LogP contribution in [0.15, 0.2) is 83.1 Å². The first-order valence-corrected chi connectivity index (χ1v) is 10.5. The molecular weight excluding hydrogens is 451 g/mol. The summed E-state index contributed by atoms with van der Waals surface area (Å²) in [6.07, 6.45) is 0. The van der Waals surface area contributed by atoms with Crippen molar-refractivity contribution in [2.24, 2.45) is 10.3 Å². The zero-order valence-electron chi connectivity index (χ0n) is 19.4. The number of halogens is 1. The maximum absolute atomic E-state index is 13.0. The Hall–Kier alpha value is -4.64. The summed E-state index contributed by atoms with van der Waals surface area (Å²) >= 11 is 0. The van der Waals surface area contributed by atoms with Gasteiger partial charge in [0.2, 0.25) is 0 Å². The molecule has 0 unspecified atom stereocenters. The molecule has 0 aromatic heterocycles. The Morgan fingerprint density at radius 2 is 1.57 bits per heavy atom. The van der Waals surface area contributed by atoms with Crippen molar-refractivity contribution in [3.05, 3.63) is 95.3 Å².